The highest BCUT2D eigenvalue weighted by atomic mass is 16.5. The van der Waals surface area contributed by atoms with Gasteiger partial charge in [-0.05, 0) is 18.6 Å². The number of amides is 1. The van der Waals surface area contributed by atoms with Gasteiger partial charge in [0.2, 0.25) is 11.8 Å². The van der Waals surface area contributed by atoms with Gasteiger partial charge in [0.05, 0.1) is 6.42 Å². The van der Waals surface area contributed by atoms with Gasteiger partial charge >= 0.3 is 0 Å². The number of rotatable bonds is 3. The Labute approximate surface area is 98.8 Å². The molecule has 5 heteroatoms. The molecule has 0 bridgehead atoms. The van der Waals surface area contributed by atoms with E-state index in [1.165, 1.54) is 0 Å². The number of para-hydroxylation sites is 1. The van der Waals surface area contributed by atoms with Crippen LogP contribution in [0.1, 0.15) is 17.3 Å². The van der Waals surface area contributed by atoms with Crippen molar-refractivity contribution in [3.05, 3.63) is 41.5 Å². The van der Waals surface area contributed by atoms with Crippen molar-refractivity contribution in [2.24, 2.45) is 0 Å². The normalized spacial score (nSPS) is 10.2. The molecule has 0 radical (unpaired) electrons. The average Bonchev–Trinajstić information content (AvgIpc) is 2.67. The molecule has 0 aliphatic rings. The fraction of sp³-hybridized carbons (Fsp3) is 0.250. The van der Waals surface area contributed by atoms with Crippen molar-refractivity contribution in [2.75, 3.05) is 5.32 Å². The zero-order valence-electron chi connectivity index (χ0n) is 9.73. The number of hydrogen-bond donors (Lipinski definition) is 1. The third kappa shape index (κ3) is 2.90. The molecule has 2 aromatic rings. The van der Waals surface area contributed by atoms with E-state index in [2.05, 4.69) is 15.5 Å². The molecule has 0 atom stereocenters. The number of hydrogen-bond acceptors (Lipinski definition) is 4. The van der Waals surface area contributed by atoms with Gasteiger partial charge in [-0.1, -0.05) is 23.4 Å². The molecule has 1 aromatic carbocycles. The number of carbonyl (C=O) groups is 1. The van der Waals surface area contributed by atoms with Gasteiger partial charge in [-0.15, -0.1) is 0 Å². The minimum atomic E-state index is -0.153. The van der Waals surface area contributed by atoms with E-state index >= 15 is 0 Å². The summed E-state index contributed by atoms with van der Waals surface area (Å²) in [7, 11) is 0. The SMILES string of the molecule is Cc1nc(CC(=O)Nc2ccccc2C)no1. The quantitative estimate of drug-likeness (QED) is 0.875. The third-order valence-corrected chi connectivity index (χ3v) is 2.31. The van der Waals surface area contributed by atoms with Crippen molar-refractivity contribution >= 4 is 11.6 Å². The van der Waals surface area contributed by atoms with Crippen molar-refractivity contribution in [1.82, 2.24) is 10.1 Å². The first kappa shape index (κ1) is 11.3. The van der Waals surface area contributed by atoms with Crippen LogP contribution in [-0.4, -0.2) is 16.0 Å². The Morgan fingerprint density at radius 2 is 2.12 bits per heavy atom. The number of aryl methyl sites for hydroxylation is 2. The van der Waals surface area contributed by atoms with Gasteiger partial charge < -0.3 is 9.84 Å². The van der Waals surface area contributed by atoms with Gasteiger partial charge in [-0.25, -0.2) is 0 Å². The van der Waals surface area contributed by atoms with Crippen LogP contribution in [-0.2, 0) is 11.2 Å². The molecule has 0 aliphatic heterocycles. The fourth-order valence-electron chi connectivity index (χ4n) is 1.46. The lowest BCUT2D eigenvalue weighted by atomic mass is 10.2. The van der Waals surface area contributed by atoms with Crippen molar-refractivity contribution in [1.29, 1.82) is 0 Å². The summed E-state index contributed by atoms with van der Waals surface area (Å²) in [6.07, 6.45) is 0.117. The third-order valence-electron chi connectivity index (χ3n) is 2.31. The number of carbonyl (C=O) groups excluding carboxylic acids is 1. The highest BCUT2D eigenvalue weighted by Crippen LogP contribution is 2.13. The number of nitrogens with one attached hydrogen (secondary N) is 1. The highest BCUT2D eigenvalue weighted by molar-refractivity contribution is 5.92. The second-order valence-electron chi connectivity index (χ2n) is 3.77. The predicted molar refractivity (Wildman–Crippen MR) is 62.5 cm³/mol. The van der Waals surface area contributed by atoms with Crippen molar-refractivity contribution in [3.8, 4) is 0 Å². The smallest absolute Gasteiger partial charge is 0.232 e. The largest absolute Gasteiger partial charge is 0.340 e. The molecule has 0 unspecified atom stereocenters. The molecular formula is C12H13N3O2. The Balaban J connectivity index is 2.01. The molecule has 17 heavy (non-hydrogen) atoms. The second-order valence-corrected chi connectivity index (χ2v) is 3.77. The maximum atomic E-state index is 11.7. The van der Waals surface area contributed by atoms with Crippen molar-refractivity contribution < 1.29 is 9.32 Å². The first-order valence-electron chi connectivity index (χ1n) is 5.30. The van der Waals surface area contributed by atoms with Gasteiger partial charge in [0, 0.05) is 12.6 Å². The first-order chi connectivity index (χ1) is 8.15. The van der Waals surface area contributed by atoms with E-state index in [-0.39, 0.29) is 12.3 Å². The van der Waals surface area contributed by atoms with Crippen LogP contribution in [0.2, 0.25) is 0 Å². The number of aromatic nitrogens is 2. The molecular weight excluding hydrogens is 218 g/mol. The van der Waals surface area contributed by atoms with Crippen molar-refractivity contribution in [2.45, 2.75) is 20.3 Å². The van der Waals surface area contributed by atoms with Crippen LogP contribution in [0.4, 0.5) is 5.69 Å². The molecule has 0 aliphatic carbocycles. The molecule has 0 fully saturated rings. The van der Waals surface area contributed by atoms with Crippen molar-refractivity contribution in [3.63, 3.8) is 0 Å². The molecule has 1 heterocycles. The van der Waals surface area contributed by atoms with Gasteiger partial charge in [0.1, 0.15) is 0 Å². The Hall–Kier alpha value is -2.17. The minimum Gasteiger partial charge on any atom is -0.340 e. The van der Waals surface area contributed by atoms with E-state index in [0.29, 0.717) is 11.7 Å². The zero-order chi connectivity index (χ0) is 12.3. The fourth-order valence-corrected chi connectivity index (χ4v) is 1.46. The molecule has 88 valence electrons. The lowest BCUT2D eigenvalue weighted by molar-refractivity contribution is -0.115. The first-order valence-corrected chi connectivity index (χ1v) is 5.30. The summed E-state index contributed by atoms with van der Waals surface area (Å²) in [5.74, 6) is 0.706. The summed E-state index contributed by atoms with van der Waals surface area (Å²) < 4.78 is 4.80. The summed E-state index contributed by atoms with van der Waals surface area (Å²) in [6, 6.07) is 7.59. The van der Waals surface area contributed by atoms with Gasteiger partial charge in [0.25, 0.3) is 0 Å². The Morgan fingerprint density at radius 1 is 1.35 bits per heavy atom. The predicted octanol–water partition coefficient (Wildman–Crippen LogP) is 1.87. The van der Waals surface area contributed by atoms with E-state index in [0.717, 1.165) is 11.3 Å². The molecule has 0 saturated carbocycles. The lowest BCUT2D eigenvalue weighted by Gasteiger charge is -2.06. The number of nitrogens with zero attached hydrogens (tertiary/aromatic N) is 2. The minimum absolute atomic E-state index is 0.117. The average molecular weight is 231 g/mol. The van der Waals surface area contributed by atoms with Gasteiger partial charge in [-0.3, -0.25) is 4.79 Å². The molecule has 1 aromatic heterocycles. The zero-order valence-corrected chi connectivity index (χ0v) is 9.73. The van der Waals surface area contributed by atoms with Gasteiger partial charge in [0.15, 0.2) is 5.82 Å². The monoisotopic (exact) mass is 231 g/mol. The van der Waals surface area contributed by atoms with Crippen LogP contribution in [0, 0.1) is 13.8 Å². The molecule has 5 nitrogen and oxygen atoms in total. The summed E-state index contributed by atoms with van der Waals surface area (Å²) in [5.41, 5.74) is 1.82. The maximum Gasteiger partial charge on any atom is 0.232 e. The summed E-state index contributed by atoms with van der Waals surface area (Å²) in [6.45, 7) is 3.63. The molecule has 1 amide bonds. The topological polar surface area (TPSA) is 68.0 Å². The molecule has 2 rings (SSSR count). The van der Waals surface area contributed by atoms with E-state index in [9.17, 15) is 4.79 Å². The van der Waals surface area contributed by atoms with Gasteiger partial charge in [-0.2, -0.15) is 4.98 Å². The Bertz CT molecular complexity index is 534. The number of benzene rings is 1. The van der Waals surface area contributed by atoms with E-state index in [1.54, 1.807) is 6.92 Å². The van der Waals surface area contributed by atoms with Crippen LogP contribution >= 0.6 is 0 Å². The summed E-state index contributed by atoms with van der Waals surface area (Å²) in [5, 5.41) is 6.48. The molecule has 0 spiro atoms. The Kier molecular flexibility index (Phi) is 3.18. The molecule has 1 N–H and O–H groups in total. The van der Waals surface area contributed by atoms with Crippen LogP contribution in [0.3, 0.4) is 0 Å². The maximum absolute atomic E-state index is 11.7. The summed E-state index contributed by atoms with van der Waals surface area (Å²) >= 11 is 0. The number of anilines is 1. The standard InChI is InChI=1S/C12H13N3O2/c1-8-5-3-4-6-10(8)14-12(16)7-11-13-9(2)17-15-11/h3-6H,7H2,1-2H3,(H,14,16). The summed E-state index contributed by atoms with van der Waals surface area (Å²) in [4.78, 5) is 15.7. The van der Waals surface area contributed by atoms with E-state index in [4.69, 9.17) is 4.52 Å². The van der Waals surface area contributed by atoms with Crippen LogP contribution in [0.25, 0.3) is 0 Å². The van der Waals surface area contributed by atoms with E-state index in [1.807, 2.05) is 31.2 Å². The van der Waals surface area contributed by atoms with Crippen LogP contribution in [0.5, 0.6) is 0 Å². The molecule has 0 saturated heterocycles. The Morgan fingerprint density at radius 3 is 2.76 bits per heavy atom. The lowest BCUT2D eigenvalue weighted by Crippen LogP contribution is -2.15. The highest BCUT2D eigenvalue weighted by Gasteiger charge is 2.09. The van der Waals surface area contributed by atoms with Crippen LogP contribution in [0.15, 0.2) is 28.8 Å². The van der Waals surface area contributed by atoms with E-state index < -0.39 is 0 Å². The second kappa shape index (κ2) is 4.78. The van der Waals surface area contributed by atoms with Crippen LogP contribution < -0.4 is 5.32 Å².